The third kappa shape index (κ3) is 4.61. The number of amides is 1. The maximum Gasteiger partial charge on any atom is 0.257 e. The van der Waals surface area contributed by atoms with Crippen LogP contribution in [0.5, 0.6) is 0 Å². The smallest absolute Gasteiger partial charge is 0.257 e. The zero-order chi connectivity index (χ0) is 21.8. The van der Waals surface area contributed by atoms with E-state index >= 15 is 0 Å². The summed E-state index contributed by atoms with van der Waals surface area (Å²) in [6.45, 7) is 3.32. The van der Waals surface area contributed by atoms with Crippen LogP contribution >= 0.6 is 11.6 Å². The molecule has 0 unspecified atom stereocenters. The molecule has 156 valence electrons. The third-order valence-electron chi connectivity index (χ3n) is 4.97. The van der Waals surface area contributed by atoms with Crippen LogP contribution in [-0.4, -0.2) is 34.2 Å². The molecule has 0 radical (unpaired) electrons. The average molecular weight is 426 g/mol. The van der Waals surface area contributed by atoms with Crippen LogP contribution in [0.3, 0.4) is 0 Å². The molecule has 2 aromatic carbocycles. The number of anilines is 1. The lowest BCUT2D eigenvalue weighted by atomic mass is 10.1. The van der Waals surface area contributed by atoms with Crippen molar-refractivity contribution in [3.63, 3.8) is 0 Å². The molecule has 0 aliphatic carbocycles. The van der Waals surface area contributed by atoms with Crippen LogP contribution < -0.4 is 10.5 Å². The molecule has 30 heavy (non-hydrogen) atoms. The highest BCUT2D eigenvalue weighted by atomic mass is 35.5. The van der Waals surface area contributed by atoms with E-state index in [2.05, 4.69) is 4.98 Å². The Kier molecular flexibility index (Phi) is 6.70. The van der Waals surface area contributed by atoms with Crippen molar-refractivity contribution in [1.29, 1.82) is 0 Å². The van der Waals surface area contributed by atoms with E-state index in [1.807, 2.05) is 31.2 Å². The van der Waals surface area contributed by atoms with Crippen LogP contribution in [0, 0.1) is 13.8 Å². The highest BCUT2D eigenvalue weighted by molar-refractivity contribution is 6.30. The first-order chi connectivity index (χ1) is 14.3. The number of aliphatic hydroxyl groups excluding tert-OH is 1. The topological polar surface area (TPSA) is 75.4 Å². The van der Waals surface area contributed by atoms with Crippen molar-refractivity contribution in [2.45, 2.75) is 26.8 Å². The summed E-state index contributed by atoms with van der Waals surface area (Å²) in [5, 5.41) is 9.87. The second kappa shape index (κ2) is 9.24. The van der Waals surface area contributed by atoms with Gasteiger partial charge < -0.3 is 10.0 Å². The number of hydrogen-bond donors (Lipinski definition) is 1. The van der Waals surface area contributed by atoms with Crippen molar-refractivity contribution in [1.82, 2.24) is 9.55 Å². The van der Waals surface area contributed by atoms with Crippen LogP contribution in [-0.2, 0) is 17.8 Å². The zero-order valence-electron chi connectivity index (χ0n) is 17.2. The number of carbonyl (C=O) groups excluding carboxylic acids is 1. The lowest BCUT2D eigenvalue weighted by Gasteiger charge is -2.21. The monoisotopic (exact) mass is 425 g/mol. The number of benzene rings is 2. The highest BCUT2D eigenvalue weighted by Crippen LogP contribution is 2.22. The SMILES string of the molecule is Cc1cccc(N(C)C(=O)Cn2c(-c3cccc(Cl)c3)nc(C)c(CCO)c2=O)c1. The van der Waals surface area contributed by atoms with E-state index in [0.717, 1.165) is 11.3 Å². The Labute approximate surface area is 180 Å². The fraction of sp³-hybridized carbons (Fsp3) is 0.261. The van der Waals surface area contributed by atoms with Crippen LogP contribution in [0.15, 0.2) is 53.3 Å². The molecular weight excluding hydrogens is 402 g/mol. The molecule has 1 amide bonds. The van der Waals surface area contributed by atoms with Crippen LogP contribution in [0.4, 0.5) is 5.69 Å². The van der Waals surface area contributed by atoms with Gasteiger partial charge >= 0.3 is 0 Å². The van der Waals surface area contributed by atoms with Gasteiger partial charge in [0.15, 0.2) is 0 Å². The fourth-order valence-corrected chi connectivity index (χ4v) is 3.51. The van der Waals surface area contributed by atoms with Gasteiger partial charge in [-0.1, -0.05) is 35.9 Å². The van der Waals surface area contributed by atoms with E-state index < -0.39 is 0 Å². The average Bonchev–Trinajstić information content (AvgIpc) is 2.72. The van der Waals surface area contributed by atoms with Crippen molar-refractivity contribution in [2.75, 3.05) is 18.6 Å². The molecule has 1 N–H and O–H groups in total. The highest BCUT2D eigenvalue weighted by Gasteiger charge is 2.20. The summed E-state index contributed by atoms with van der Waals surface area (Å²) in [7, 11) is 1.68. The summed E-state index contributed by atoms with van der Waals surface area (Å²) in [4.78, 5) is 32.4. The quantitative estimate of drug-likeness (QED) is 0.657. The molecule has 0 aliphatic heterocycles. The molecule has 0 saturated heterocycles. The van der Waals surface area contributed by atoms with Gasteiger partial charge in [-0.3, -0.25) is 14.2 Å². The number of nitrogens with zero attached hydrogens (tertiary/aromatic N) is 3. The molecule has 0 atom stereocenters. The molecule has 1 heterocycles. The van der Waals surface area contributed by atoms with Gasteiger partial charge in [0.2, 0.25) is 5.91 Å². The van der Waals surface area contributed by atoms with Gasteiger partial charge in [0.05, 0.1) is 0 Å². The standard InChI is InChI=1S/C23H24ClN3O3/c1-15-6-4-9-19(12-15)26(3)21(29)14-27-22(17-7-5-8-18(24)13-17)25-16(2)20(10-11-28)23(27)30/h4-9,12-13,28H,10-11,14H2,1-3H3. The van der Waals surface area contributed by atoms with E-state index in [1.165, 1.54) is 9.47 Å². The number of carbonyl (C=O) groups is 1. The number of aryl methyl sites for hydroxylation is 2. The molecule has 3 aromatic rings. The third-order valence-corrected chi connectivity index (χ3v) is 5.21. The molecule has 0 bridgehead atoms. The van der Waals surface area contributed by atoms with E-state index in [1.54, 1.807) is 38.2 Å². The van der Waals surface area contributed by atoms with Crippen molar-refractivity contribution in [2.24, 2.45) is 0 Å². The summed E-state index contributed by atoms with van der Waals surface area (Å²) < 4.78 is 1.36. The van der Waals surface area contributed by atoms with Crippen molar-refractivity contribution < 1.29 is 9.90 Å². The predicted molar refractivity (Wildman–Crippen MR) is 119 cm³/mol. The van der Waals surface area contributed by atoms with E-state index in [0.29, 0.717) is 27.7 Å². The van der Waals surface area contributed by atoms with E-state index in [9.17, 15) is 14.7 Å². The lowest BCUT2D eigenvalue weighted by molar-refractivity contribution is -0.118. The Balaban J connectivity index is 2.08. The Bertz CT molecular complexity index is 1140. The van der Waals surface area contributed by atoms with Gasteiger partial charge in [0.1, 0.15) is 12.4 Å². The summed E-state index contributed by atoms with van der Waals surface area (Å²) in [6, 6.07) is 14.6. The summed E-state index contributed by atoms with van der Waals surface area (Å²) >= 11 is 6.14. The first-order valence-electron chi connectivity index (χ1n) is 9.62. The maximum atomic E-state index is 13.2. The molecule has 0 spiro atoms. The molecule has 0 fully saturated rings. The first-order valence-corrected chi connectivity index (χ1v) is 10.00. The van der Waals surface area contributed by atoms with Crippen molar-refractivity contribution in [3.8, 4) is 11.4 Å². The Morgan fingerprint density at radius 1 is 1.17 bits per heavy atom. The van der Waals surface area contributed by atoms with Gasteiger partial charge in [-0.15, -0.1) is 0 Å². The van der Waals surface area contributed by atoms with Crippen LogP contribution in [0.1, 0.15) is 16.8 Å². The molecule has 0 aliphatic rings. The predicted octanol–water partition coefficient (Wildman–Crippen LogP) is 3.38. The molecule has 1 aromatic heterocycles. The normalized spacial score (nSPS) is 10.8. The first kappa shape index (κ1) is 21.7. The minimum atomic E-state index is -0.336. The second-order valence-electron chi connectivity index (χ2n) is 7.17. The Morgan fingerprint density at radius 3 is 2.57 bits per heavy atom. The zero-order valence-corrected chi connectivity index (χ0v) is 18.0. The van der Waals surface area contributed by atoms with Crippen LogP contribution in [0.25, 0.3) is 11.4 Å². The van der Waals surface area contributed by atoms with Gasteiger partial charge in [-0.05, 0) is 43.7 Å². The summed E-state index contributed by atoms with van der Waals surface area (Å²) in [5.74, 6) is 0.110. The van der Waals surface area contributed by atoms with Crippen molar-refractivity contribution in [3.05, 3.63) is 80.7 Å². The molecule has 0 saturated carbocycles. The molecular formula is C23H24ClN3O3. The Morgan fingerprint density at radius 2 is 1.90 bits per heavy atom. The number of halogens is 1. The Hall–Kier alpha value is -2.96. The van der Waals surface area contributed by atoms with E-state index in [-0.39, 0.29) is 31.0 Å². The van der Waals surface area contributed by atoms with Gasteiger partial charge in [0.25, 0.3) is 5.56 Å². The van der Waals surface area contributed by atoms with Crippen molar-refractivity contribution >= 4 is 23.2 Å². The van der Waals surface area contributed by atoms with Crippen LogP contribution in [0.2, 0.25) is 5.02 Å². The number of likely N-dealkylation sites (N-methyl/N-ethyl adjacent to an activating group) is 1. The van der Waals surface area contributed by atoms with Gasteiger partial charge in [-0.2, -0.15) is 0 Å². The fourth-order valence-electron chi connectivity index (χ4n) is 3.32. The molecule has 6 nitrogen and oxygen atoms in total. The summed E-state index contributed by atoms with van der Waals surface area (Å²) in [5.41, 5.74) is 3.01. The number of aliphatic hydroxyl groups is 1. The van der Waals surface area contributed by atoms with Gasteiger partial charge in [-0.25, -0.2) is 4.98 Å². The lowest BCUT2D eigenvalue weighted by Crippen LogP contribution is -2.36. The molecule has 3 rings (SSSR count). The maximum absolute atomic E-state index is 13.2. The van der Waals surface area contributed by atoms with E-state index in [4.69, 9.17) is 11.6 Å². The number of hydrogen-bond acceptors (Lipinski definition) is 4. The largest absolute Gasteiger partial charge is 0.396 e. The minimum Gasteiger partial charge on any atom is -0.396 e. The summed E-state index contributed by atoms with van der Waals surface area (Å²) in [6.07, 6.45) is 0.176. The number of rotatable bonds is 6. The van der Waals surface area contributed by atoms with Gasteiger partial charge in [0, 0.05) is 47.6 Å². The second-order valence-corrected chi connectivity index (χ2v) is 7.60. The number of aromatic nitrogens is 2. The molecule has 7 heteroatoms. The minimum absolute atomic E-state index is 0.175.